The molecule has 2 aliphatic heterocycles. The molecule has 2 saturated heterocycles. The van der Waals surface area contributed by atoms with E-state index < -0.39 is 0 Å². The van der Waals surface area contributed by atoms with Crippen molar-refractivity contribution in [2.45, 2.75) is 57.7 Å². The molecule has 30 heavy (non-hydrogen) atoms. The standard InChI is InChI=1S/C24H40N4O2/c1-3-27(21-10-5-4-6-11-21)16-9-15-26-24(25-2)28-17-13-22(14-18-28)30-20-23-12-7-8-19-29-23/h4-6,10-11,22-23H,3,7-9,12-20H2,1-2H3,(H,25,26). The third-order valence-electron chi connectivity index (χ3n) is 6.14. The second-order valence-electron chi connectivity index (χ2n) is 8.25. The number of benzene rings is 1. The molecule has 2 heterocycles. The van der Waals surface area contributed by atoms with Crippen LogP contribution in [0.3, 0.4) is 0 Å². The van der Waals surface area contributed by atoms with Crippen molar-refractivity contribution in [2.75, 3.05) is 57.9 Å². The highest BCUT2D eigenvalue weighted by Gasteiger charge is 2.23. The molecule has 168 valence electrons. The van der Waals surface area contributed by atoms with Gasteiger partial charge in [0.2, 0.25) is 0 Å². The van der Waals surface area contributed by atoms with Crippen LogP contribution < -0.4 is 10.2 Å². The summed E-state index contributed by atoms with van der Waals surface area (Å²) in [7, 11) is 1.88. The number of nitrogens with one attached hydrogen (secondary N) is 1. The van der Waals surface area contributed by atoms with Gasteiger partial charge in [-0.15, -0.1) is 0 Å². The molecule has 0 saturated carbocycles. The number of piperidine rings is 1. The van der Waals surface area contributed by atoms with Crippen molar-refractivity contribution in [3.05, 3.63) is 30.3 Å². The minimum atomic E-state index is 0.310. The van der Waals surface area contributed by atoms with Gasteiger partial charge in [0.1, 0.15) is 0 Å². The average Bonchev–Trinajstić information content (AvgIpc) is 2.82. The summed E-state index contributed by atoms with van der Waals surface area (Å²) in [5.41, 5.74) is 1.30. The normalized spacial score (nSPS) is 20.9. The van der Waals surface area contributed by atoms with Gasteiger partial charge in [0.05, 0.1) is 18.8 Å². The van der Waals surface area contributed by atoms with E-state index in [4.69, 9.17) is 9.47 Å². The quantitative estimate of drug-likeness (QED) is 0.379. The van der Waals surface area contributed by atoms with E-state index in [9.17, 15) is 0 Å². The van der Waals surface area contributed by atoms with Gasteiger partial charge in [0.15, 0.2) is 5.96 Å². The van der Waals surface area contributed by atoms with Crippen molar-refractivity contribution in [3.8, 4) is 0 Å². The summed E-state index contributed by atoms with van der Waals surface area (Å²) in [5, 5.41) is 3.56. The SMILES string of the molecule is CCN(CCCNC(=NC)N1CCC(OCC2CCCCO2)CC1)c1ccccc1. The van der Waals surface area contributed by atoms with Crippen molar-refractivity contribution in [2.24, 2.45) is 4.99 Å². The molecule has 1 aromatic rings. The van der Waals surface area contributed by atoms with E-state index >= 15 is 0 Å². The maximum Gasteiger partial charge on any atom is 0.193 e. The Bertz CT molecular complexity index is 611. The molecule has 0 amide bonds. The molecule has 1 atom stereocenters. The smallest absolute Gasteiger partial charge is 0.193 e. The third kappa shape index (κ3) is 7.17. The van der Waals surface area contributed by atoms with Gasteiger partial charge in [-0.2, -0.15) is 0 Å². The number of para-hydroxylation sites is 1. The Kier molecular flexibility index (Phi) is 9.77. The minimum Gasteiger partial charge on any atom is -0.376 e. The van der Waals surface area contributed by atoms with E-state index in [1.54, 1.807) is 0 Å². The van der Waals surface area contributed by atoms with Gasteiger partial charge in [-0.05, 0) is 57.6 Å². The first-order valence-corrected chi connectivity index (χ1v) is 11.8. The fourth-order valence-corrected chi connectivity index (χ4v) is 4.33. The molecule has 0 bridgehead atoms. The number of aliphatic imine (C=N–C) groups is 1. The van der Waals surface area contributed by atoms with Gasteiger partial charge in [0, 0.05) is 52.1 Å². The zero-order chi connectivity index (χ0) is 21.0. The summed E-state index contributed by atoms with van der Waals surface area (Å²) in [6.07, 6.45) is 7.49. The fourth-order valence-electron chi connectivity index (χ4n) is 4.33. The maximum absolute atomic E-state index is 6.15. The zero-order valence-electron chi connectivity index (χ0n) is 18.9. The first-order chi connectivity index (χ1) is 14.8. The van der Waals surface area contributed by atoms with Crippen molar-refractivity contribution >= 4 is 11.6 Å². The monoisotopic (exact) mass is 416 g/mol. The first-order valence-electron chi connectivity index (χ1n) is 11.8. The van der Waals surface area contributed by atoms with Crippen LogP contribution in [0.25, 0.3) is 0 Å². The highest BCUT2D eigenvalue weighted by atomic mass is 16.5. The predicted octanol–water partition coefficient (Wildman–Crippen LogP) is 3.53. The number of guanidine groups is 1. The molecule has 2 aliphatic rings. The molecule has 2 fully saturated rings. The molecule has 0 aromatic heterocycles. The number of nitrogens with zero attached hydrogens (tertiary/aromatic N) is 3. The van der Waals surface area contributed by atoms with E-state index in [0.29, 0.717) is 12.2 Å². The molecular formula is C24H40N4O2. The Morgan fingerprint density at radius 3 is 2.67 bits per heavy atom. The van der Waals surface area contributed by atoms with E-state index in [-0.39, 0.29) is 0 Å². The highest BCUT2D eigenvalue weighted by Crippen LogP contribution is 2.18. The molecule has 0 spiro atoms. The number of anilines is 1. The van der Waals surface area contributed by atoms with E-state index in [0.717, 1.165) is 77.6 Å². The van der Waals surface area contributed by atoms with Crippen LogP contribution in [0.1, 0.15) is 45.4 Å². The largest absolute Gasteiger partial charge is 0.376 e. The maximum atomic E-state index is 6.15. The molecule has 6 nitrogen and oxygen atoms in total. The lowest BCUT2D eigenvalue weighted by molar-refractivity contribution is -0.0721. The van der Waals surface area contributed by atoms with Gasteiger partial charge in [-0.1, -0.05) is 18.2 Å². The van der Waals surface area contributed by atoms with Crippen LogP contribution in [0.4, 0.5) is 5.69 Å². The molecular weight excluding hydrogens is 376 g/mol. The Balaban J connectivity index is 1.32. The fraction of sp³-hybridized carbons (Fsp3) is 0.708. The summed E-state index contributed by atoms with van der Waals surface area (Å²) in [5.74, 6) is 1.02. The van der Waals surface area contributed by atoms with Gasteiger partial charge in [0.25, 0.3) is 0 Å². The molecule has 3 rings (SSSR count). The average molecular weight is 417 g/mol. The molecule has 1 N–H and O–H groups in total. The van der Waals surface area contributed by atoms with E-state index in [1.165, 1.54) is 18.5 Å². The first kappa shape index (κ1) is 22.9. The van der Waals surface area contributed by atoms with Crippen LogP contribution in [-0.2, 0) is 9.47 Å². The van der Waals surface area contributed by atoms with E-state index in [2.05, 4.69) is 57.4 Å². The molecule has 1 aromatic carbocycles. The summed E-state index contributed by atoms with van der Waals surface area (Å²) in [6, 6.07) is 10.6. The number of hydrogen-bond acceptors (Lipinski definition) is 4. The van der Waals surface area contributed by atoms with Crippen molar-refractivity contribution in [3.63, 3.8) is 0 Å². The van der Waals surface area contributed by atoms with Crippen LogP contribution in [0.2, 0.25) is 0 Å². The van der Waals surface area contributed by atoms with Gasteiger partial charge in [-0.25, -0.2) is 0 Å². The Morgan fingerprint density at radius 1 is 1.20 bits per heavy atom. The molecule has 0 aliphatic carbocycles. The summed E-state index contributed by atoms with van der Waals surface area (Å²) in [4.78, 5) is 9.29. The molecule has 0 radical (unpaired) electrons. The second kappa shape index (κ2) is 12.8. The topological polar surface area (TPSA) is 49.3 Å². The Labute approximate surface area is 182 Å². The lowest BCUT2D eigenvalue weighted by Gasteiger charge is -2.35. The van der Waals surface area contributed by atoms with Crippen LogP contribution >= 0.6 is 0 Å². The van der Waals surface area contributed by atoms with Crippen molar-refractivity contribution < 1.29 is 9.47 Å². The molecule has 1 unspecified atom stereocenters. The second-order valence-corrected chi connectivity index (χ2v) is 8.25. The lowest BCUT2D eigenvalue weighted by atomic mass is 10.1. The predicted molar refractivity (Wildman–Crippen MR) is 124 cm³/mol. The summed E-state index contributed by atoms with van der Waals surface area (Å²) in [6.45, 7) is 8.88. The van der Waals surface area contributed by atoms with Gasteiger partial charge in [-0.3, -0.25) is 4.99 Å². The number of ether oxygens (including phenoxy) is 2. The minimum absolute atomic E-state index is 0.310. The summed E-state index contributed by atoms with van der Waals surface area (Å²) < 4.78 is 11.9. The Hall–Kier alpha value is -1.79. The van der Waals surface area contributed by atoms with Crippen LogP contribution in [0, 0.1) is 0 Å². The van der Waals surface area contributed by atoms with Crippen molar-refractivity contribution in [1.29, 1.82) is 0 Å². The molecule has 6 heteroatoms. The number of hydrogen-bond donors (Lipinski definition) is 1. The number of likely N-dealkylation sites (tertiary alicyclic amines) is 1. The van der Waals surface area contributed by atoms with Crippen LogP contribution in [-0.4, -0.2) is 76.1 Å². The van der Waals surface area contributed by atoms with Gasteiger partial charge < -0.3 is 24.6 Å². The van der Waals surface area contributed by atoms with Crippen LogP contribution in [0.5, 0.6) is 0 Å². The van der Waals surface area contributed by atoms with Crippen LogP contribution in [0.15, 0.2) is 35.3 Å². The number of rotatable bonds is 9. The van der Waals surface area contributed by atoms with Crippen molar-refractivity contribution in [1.82, 2.24) is 10.2 Å². The van der Waals surface area contributed by atoms with Gasteiger partial charge >= 0.3 is 0 Å². The summed E-state index contributed by atoms with van der Waals surface area (Å²) >= 11 is 0. The van der Waals surface area contributed by atoms with E-state index in [1.807, 2.05) is 7.05 Å². The highest BCUT2D eigenvalue weighted by molar-refractivity contribution is 5.79. The third-order valence-corrected chi connectivity index (χ3v) is 6.14. The zero-order valence-corrected chi connectivity index (χ0v) is 18.9. The Morgan fingerprint density at radius 2 is 2.00 bits per heavy atom. The lowest BCUT2D eigenvalue weighted by Crippen LogP contribution is -2.47.